The van der Waals surface area contributed by atoms with Crippen LogP contribution in [0.2, 0.25) is 0 Å². The molecule has 0 saturated carbocycles. The van der Waals surface area contributed by atoms with E-state index in [9.17, 15) is 4.79 Å². The van der Waals surface area contributed by atoms with E-state index < -0.39 is 0 Å². The zero-order valence-electron chi connectivity index (χ0n) is 9.20. The second kappa shape index (κ2) is 4.09. The van der Waals surface area contributed by atoms with Gasteiger partial charge in [-0.1, -0.05) is 25.1 Å². The Morgan fingerprint density at radius 2 is 2.12 bits per heavy atom. The van der Waals surface area contributed by atoms with Gasteiger partial charge in [0.1, 0.15) is 0 Å². The highest BCUT2D eigenvalue weighted by Gasteiger charge is 2.10. The molecule has 0 bridgehead atoms. The van der Waals surface area contributed by atoms with Crippen LogP contribution in [0, 0.1) is 11.7 Å². The van der Waals surface area contributed by atoms with Crippen LogP contribution < -0.4 is 5.69 Å². The number of para-hydroxylation sites is 1. The Morgan fingerprint density at radius 3 is 2.69 bits per heavy atom. The Balaban J connectivity index is 2.83. The zero-order chi connectivity index (χ0) is 11.7. The number of H-pyrrole nitrogens is 2. The smallest absolute Gasteiger partial charge is 0.272 e. The van der Waals surface area contributed by atoms with E-state index in [0.29, 0.717) is 4.77 Å². The van der Waals surface area contributed by atoms with Crippen LogP contribution in [0.5, 0.6) is 0 Å². The van der Waals surface area contributed by atoms with Crippen LogP contribution in [0.3, 0.4) is 0 Å². The van der Waals surface area contributed by atoms with E-state index >= 15 is 0 Å². The molecule has 4 nitrogen and oxygen atoms in total. The number of nitrogens with zero attached hydrogens (tertiary/aromatic N) is 1. The van der Waals surface area contributed by atoms with Gasteiger partial charge in [-0.3, -0.25) is 5.10 Å². The molecule has 0 amide bonds. The second-order valence-corrected chi connectivity index (χ2v) is 4.02. The van der Waals surface area contributed by atoms with E-state index in [-0.39, 0.29) is 5.69 Å². The fourth-order valence-corrected chi connectivity index (χ4v) is 2.06. The summed E-state index contributed by atoms with van der Waals surface area (Å²) in [7, 11) is 0. The fraction of sp³-hybridized carbons (Fsp3) is 0.273. The number of aromatic amines is 2. The van der Waals surface area contributed by atoms with Gasteiger partial charge in [0, 0.05) is 0 Å². The number of aryl methyl sites for hydroxylation is 2. The van der Waals surface area contributed by atoms with Crippen molar-refractivity contribution in [3.05, 3.63) is 44.6 Å². The Bertz CT molecular complexity index is 593. The lowest BCUT2D eigenvalue weighted by atomic mass is 10.1. The van der Waals surface area contributed by atoms with Gasteiger partial charge in [-0.05, 0) is 36.7 Å². The molecule has 2 rings (SSSR count). The molecule has 2 N–H and O–H groups in total. The molecule has 5 heteroatoms. The lowest BCUT2D eigenvalue weighted by Crippen LogP contribution is -2.17. The Hall–Kier alpha value is -1.62. The van der Waals surface area contributed by atoms with Crippen LogP contribution in [0.1, 0.15) is 18.1 Å². The number of hydrogen-bond donors (Lipinski definition) is 2. The predicted octanol–water partition coefficient (Wildman–Crippen LogP) is 2.09. The van der Waals surface area contributed by atoms with Crippen molar-refractivity contribution < 1.29 is 0 Å². The highest BCUT2D eigenvalue weighted by Crippen LogP contribution is 2.18. The standard InChI is InChI=1S/C11H13N3OS/c1-3-8-6-4-5-7(2)9(8)14-10(15)12-13-11(14)16/h4-6H,3H2,1-2H3,(H,12,15)(H,13,16). The maximum absolute atomic E-state index is 11.7. The molecule has 0 aliphatic heterocycles. The maximum Gasteiger partial charge on any atom is 0.347 e. The SMILES string of the molecule is CCc1cccc(C)c1-n1c(=O)[nH][nH]c1=S. The van der Waals surface area contributed by atoms with Crippen LogP contribution in [-0.4, -0.2) is 14.8 Å². The molecule has 1 aromatic carbocycles. The lowest BCUT2D eigenvalue weighted by Gasteiger charge is -2.10. The summed E-state index contributed by atoms with van der Waals surface area (Å²) >= 11 is 5.10. The van der Waals surface area contributed by atoms with Crippen molar-refractivity contribution in [2.45, 2.75) is 20.3 Å². The number of rotatable bonds is 2. The molecule has 0 aliphatic carbocycles. The van der Waals surface area contributed by atoms with Gasteiger partial charge < -0.3 is 0 Å². The second-order valence-electron chi connectivity index (χ2n) is 3.63. The van der Waals surface area contributed by atoms with Crippen molar-refractivity contribution in [2.24, 2.45) is 0 Å². The summed E-state index contributed by atoms with van der Waals surface area (Å²) < 4.78 is 1.90. The molecular formula is C11H13N3OS. The predicted molar refractivity (Wildman–Crippen MR) is 65.7 cm³/mol. The highest BCUT2D eigenvalue weighted by molar-refractivity contribution is 7.71. The average Bonchev–Trinajstić information content (AvgIpc) is 2.59. The summed E-state index contributed by atoms with van der Waals surface area (Å²) in [4.78, 5) is 11.7. The molecule has 0 aliphatic rings. The van der Waals surface area contributed by atoms with Crippen molar-refractivity contribution >= 4 is 12.2 Å². The molecule has 2 aromatic rings. The largest absolute Gasteiger partial charge is 0.347 e. The van der Waals surface area contributed by atoms with E-state index in [1.165, 1.54) is 4.57 Å². The van der Waals surface area contributed by atoms with Gasteiger partial charge in [-0.25, -0.2) is 14.5 Å². The van der Waals surface area contributed by atoms with Gasteiger partial charge in [-0.2, -0.15) is 0 Å². The summed E-state index contributed by atoms with van der Waals surface area (Å²) in [6.45, 7) is 4.03. The summed E-state index contributed by atoms with van der Waals surface area (Å²) in [5.41, 5.74) is 2.81. The van der Waals surface area contributed by atoms with Gasteiger partial charge >= 0.3 is 5.69 Å². The van der Waals surface area contributed by atoms with Crippen molar-refractivity contribution in [1.82, 2.24) is 14.8 Å². The van der Waals surface area contributed by atoms with E-state index in [4.69, 9.17) is 12.2 Å². The third-order valence-electron chi connectivity index (χ3n) is 2.61. The molecule has 1 heterocycles. The normalized spacial score (nSPS) is 10.6. The molecule has 0 radical (unpaired) electrons. The topological polar surface area (TPSA) is 53.6 Å². The zero-order valence-corrected chi connectivity index (χ0v) is 10.0. The summed E-state index contributed by atoms with van der Waals surface area (Å²) in [5, 5.41) is 5.15. The van der Waals surface area contributed by atoms with Crippen LogP contribution in [0.25, 0.3) is 5.69 Å². The Morgan fingerprint density at radius 1 is 1.38 bits per heavy atom. The lowest BCUT2D eigenvalue weighted by molar-refractivity contribution is 0.934. The van der Waals surface area contributed by atoms with Gasteiger partial charge in [0.25, 0.3) is 0 Å². The molecule has 0 saturated heterocycles. The third kappa shape index (κ3) is 1.63. The van der Waals surface area contributed by atoms with Gasteiger partial charge in [0.2, 0.25) is 4.77 Å². The maximum atomic E-state index is 11.7. The van der Waals surface area contributed by atoms with Crippen molar-refractivity contribution in [3.63, 3.8) is 0 Å². The molecular weight excluding hydrogens is 222 g/mol. The molecule has 0 fully saturated rings. The van der Waals surface area contributed by atoms with E-state index in [0.717, 1.165) is 23.2 Å². The first kappa shape index (κ1) is 10.9. The quantitative estimate of drug-likeness (QED) is 0.783. The molecule has 0 atom stereocenters. The minimum absolute atomic E-state index is 0.228. The fourth-order valence-electron chi connectivity index (χ4n) is 1.84. The first-order valence-electron chi connectivity index (χ1n) is 5.13. The van der Waals surface area contributed by atoms with Gasteiger partial charge in [0.05, 0.1) is 5.69 Å². The first-order valence-corrected chi connectivity index (χ1v) is 5.54. The van der Waals surface area contributed by atoms with Crippen molar-refractivity contribution in [3.8, 4) is 5.69 Å². The van der Waals surface area contributed by atoms with Gasteiger partial charge in [0.15, 0.2) is 0 Å². The van der Waals surface area contributed by atoms with Gasteiger partial charge in [-0.15, -0.1) is 0 Å². The summed E-state index contributed by atoms with van der Waals surface area (Å²) in [6.07, 6.45) is 0.864. The third-order valence-corrected chi connectivity index (χ3v) is 2.89. The van der Waals surface area contributed by atoms with Crippen LogP contribution in [0.4, 0.5) is 0 Å². The summed E-state index contributed by atoms with van der Waals surface area (Å²) in [5.74, 6) is 0. The van der Waals surface area contributed by atoms with Crippen LogP contribution >= 0.6 is 12.2 Å². The Kier molecular flexibility index (Phi) is 2.78. The minimum atomic E-state index is -0.228. The number of hydrogen-bond acceptors (Lipinski definition) is 2. The van der Waals surface area contributed by atoms with Crippen LogP contribution in [0.15, 0.2) is 23.0 Å². The monoisotopic (exact) mass is 235 g/mol. The summed E-state index contributed by atoms with van der Waals surface area (Å²) in [6, 6.07) is 5.97. The number of nitrogens with one attached hydrogen (secondary N) is 2. The van der Waals surface area contributed by atoms with Crippen LogP contribution in [-0.2, 0) is 6.42 Å². The minimum Gasteiger partial charge on any atom is -0.272 e. The molecule has 0 spiro atoms. The number of aromatic nitrogens is 3. The Labute approximate surface area is 97.9 Å². The number of benzene rings is 1. The average molecular weight is 235 g/mol. The van der Waals surface area contributed by atoms with E-state index in [1.807, 2.05) is 25.1 Å². The van der Waals surface area contributed by atoms with E-state index in [2.05, 4.69) is 17.1 Å². The highest BCUT2D eigenvalue weighted by atomic mass is 32.1. The van der Waals surface area contributed by atoms with E-state index in [1.54, 1.807) is 0 Å². The molecule has 16 heavy (non-hydrogen) atoms. The van der Waals surface area contributed by atoms with Crippen molar-refractivity contribution in [2.75, 3.05) is 0 Å². The molecule has 1 aromatic heterocycles. The molecule has 0 unspecified atom stereocenters. The van der Waals surface area contributed by atoms with Crippen molar-refractivity contribution in [1.29, 1.82) is 0 Å². The first-order chi connectivity index (χ1) is 7.65. The molecule has 84 valence electrons.